The summed E-state index contributed by atoms with van der Waals surface area (Å²) in [4.78, 5) is 1.84. The minimum Gasteiger partial charge on any atom is -0.508 e. The van der Waals surface area contributed by atoms with Gasteiger partial charge in [-0.2, -0.15) is 13.2 Å². The lowest BCUT2D eigenvalue weighted by Crippen LogP contribution is -2.42. The first-order valence-electron chi connectivity index (χ1n) is 6.47. The number of hydrogen-bond donors (Lipinski definition) is 1. The maximum atomic E-state index is 12.8. The fraction of sp³-hybridized carbons (Fsp3) is 0.571. The number of aromatic hydroxyl groups is 1. The van der Waals surface area contributed by atoms with Crippen molar-refractivity contribution >= 4 is 0 Å². The van der Waals surface area contributed by atoms with Crippen molar-refractivity contribution in [3.05, 3.63) is 29.8 Å². The van der Waals surface area contributed by atoms with Crippen molar-refractivity contribution in [1.82, 2.24) is 4.90 Å². The fourth-order valence-corrected chi connectivity index (χ4v) is 2.62. The maximum absolute atomic E-state index is 12.8. The molecule has 1 N–H and O–H groups in total. The van der Waals surface area contributed by atoms with E-state index in [0.717, 1.165) is 5.56 Å². The Balaban J connectivity index is 2.09. The molecule has 5 heteroatoms. The molecule has 2 nitrogen and oxygen atoms in total. The maximum Gasteiger partial charge on any atom is 0.393 e. The molecular weight excluding hydrogens is 255 g/mol. The largest absolute Gasteiger partial charge is 0.508 e. The number of piperidine rings is 1. The van der Waals surface area contributed by atoms with E-state index >= 15 is 0 Å². The van der Waals surface area contributed by atoms with Crippen LogP contribution in [0.3, 0.4) is 0 Å². The fourth-order valence-electron chi connectivity index (χ4n) is 2.62. The van der Waals surface area contributed by atoms with Gasteiger partial charge in [0.05, 0.1) is 5.92 Å². The van der Waals surface area contributed by atoms with Crippen LogP contribution in [0.4, 0.5) is 13.2 Å². The highest BCUT2D eigenvalue weighted by Gasteiger charge is 2.42. The quantitative estimate of drug-likeness (QED) is 0.887. The average molecular weight is 273 g/mol. The first-order valence-corrected chi connectivity index (χ1v) is 6.47. The molecule has 0 saturated carbocycles. The van der Waals surface area contributed by atoms with Crippen LogP contribution < -0.4 is 0 Å². The van der Waals surface area contributed by atoms with Crippen molar-refractivity contribution in [2.24, 2.45) is 5.92 Å². The lowest BCUT2D eigenvalue weighted by Gasteiger charge is -2.37. The molecule has 1 aliphatic heterocycles. The number of halogens is 3. The van der Waals surface area contributed by atoms with Crippen LogP contribution in [0.25, 0.3) is 0 Å². The summed E-state index contributed by atoms with van der Waals surface area (Å²) < 4.78 is 38.3. The van der Waals surface area contributed by atoms with Crippen LogP contribution in [-0.2, 0) is 0 Å². The first kappa shape index (κ1) is 14.2. The van der Waals surface area contributed by atoms with Crippen LogP contribution in [0.2, 0.25) is 0 Å². The molecule has 0 bridgehead atoms. The van der Waals surface area contributed by atoms with Gasteiger partial charge in [0.1, 0.15) is 5.75 Å². The molecule has 1 heterocycles. The number of nitrogens with zero attached hydrogens (tertiary/aromatic N) is 1. The first-order chi connectivity index (χ1) is 8.88. The molecule has 1 fully saturated rings. The van der Waals surface area contributed by atoms with Gasteiger partial charge in [-0.1, -0.05) is 12.1 Å². The van der Waals surface area contributed by atoms with E-state index in [-0.39, 0.29) is 24.8 Å². The summed E-state index contributed by atoms with van der Waals surface area (Å²) in [5.74, 6) is -1.09. The standard InChI is InChI=1S/C14H18F3NO/c1-10(11-4-2-6-13(19)8-11)18-7-3-5-12(9-18)14(15,16)17/h2,4,6,8,10,12,19H,3,5,7,9H2,1H3. The molecule has 2 atom stereocenters. The third kappa shape index (κ3) is 3.41. The van der Waals surface area contributed by atoms with Crippen molar-refractivity contribution < 1.29 is 18.3 Å². The van der Waals surface area contributed by atoms with E-state index in [9.17, 15) is 18.3 Å². The predicted molar refractivity (Wildman–Crippen MR) is 66.9 cm³/mol. The van der Waals surface area contributed by atoms with Gasteiger partial charge in [0, 0.05) is 12.6 Å². The van der Waals surface area contributed by atoms with Crippen molar-refractivity contribution in [2.45, 2.75) is 32.0 Å². The van der Waals surface area contributed by atoms with E-state index in [1.165, 1.54) is 0 Å². The van der Waals surface area contributed by atoms with Gasteiger partial charge in [-0.25, -0.2) is 0 Å². The smallest absolute Gasteiger partial charge is 0.393 e. The topological polar surface area (TPSA) is 23.5 Å². The second kappa shape index (κ2) is 5.41. The van der Waals surface area contributed by atoms with E-state index in [0.29, 0.717) is 13.0 Å². The van der Waals surface area contributed by atoms with Crippen LogP contribution in [0, 0.1) is 5.92 Å². The zero-order valence-electron chi connectivity index (χ0n) is 10.8. The Kier molecular flexibility index (Phi) is 4.04. The van der Waals surface area contributed by atoms with Crippen LogP contribution >= 0.6 is 0 Å². The van der Waals surface area contributed by atoms with E-state index in [2.05, 4.69) is 0 Å². The molecule has 2 unspecified atom stereocenters. The summed E-state index contributed by atoms with van der Waals surface area (Å²) in [5.41, 5.74) is 0.850. The summed E-state index contributed by atoms with van der Waals surface area (Å²) in [5, 5.41) is 9.44. The van der Waals surface area contributed by atoms with Gasteiger partial charge in [-0.15, -0.1) is 0 Å². The highest BCUT2D eigenvalue weighted by molar-refractivity contribution is 5.29. The van der Waals surface area contributed by atoms with Gasteiger partial charge >= 0.3 is 6.18 Å². The Morgan fingerprint density at radius 3 is 2.74 bits per heavy atom. The third-order valence-corrected chi connectivity index (χ3v) is 3.82. The van der Waals surface area contributed by atoms with E-state index in [1.807, 2.05) is 17.9 Å². The zero-order chi connectivity index (χ0) is 14.0. The Morgan fingerprint density at radius 1 is 1.37 bits per heavy atom. The Labute approximate surface area is 110 Å². The Morgan fingerprint density at radius 2 is 2.11 bits per heavy atom. The molecule has 0 amide bonds. The van der Waals surface area contributed by atoms with Gasteiger partial charge in [-0.3, -0.25) is 4.90 Å². The second-order valence-electron chi connectivity index (χ2n) is 5.15. The van der Waals surface area contributed by atoms with E-state index in [4.69, 9.17) is 0 Å². The number of phenols is 1. The van der Waals surface area contributed by atoms with E-state index in [1.54, 1.807) is 18.2 Å². The summed E-state index contributed by atoms with van der Waals surface area (Å²) >= 11 is 0. The molecule has 1 aromatic rings. The van der Waals surface area contributed by atoms with Crippen LogP contribution in [-0.4, -0.2) is 29.3 Å². The zero-order valence-corrected chi connectivity index (χ0v) is 10.8. The second-order valence-corrected chi connectivity index (χ2v) is 5.15. The molecule has 2 rings (SSSR count). The molecule has 1 saturated heterocycles. The molecule has 106 valence electrons. The van der Waals surface area contributed by atoms with Gasteiger partial charge in [0.25, 0.3) is 0 Å². The monoisotopic (exact) mass is 273 g/mol. The molecule has 0 spiro atoms. The van der Waals surface area contributed by atoms with Crippen molar-refractivity contribution in [2.75, 3.05) is 13.1 Å². The van der Waals surface area contributed by atoms with E-state index < -0.39 is 12.1 Å². The Hall–Kier alpha value is -1.23. The van der Waals surface area contributed by atoms with Gasteiger partial charge in [0.15, 0.2) is 0 Å². The normalized spacial score (nSPS) is 23.3. The molecule has 0 aromatic heterocycles. The van der Waals surface area contributed by atoms with Gasteiger partial charge in [0.2, 0.25) is 0 Å². The number of benzene rings is 1. The number of likely N-dealkylation sites (tertiary alicyclic amines) is 1. The molecule has 1 aromatic carbocycles. The minimum absolute atomic E-state index is 0.0420. The minimum atomic E-state index is -4.11. The molecular formula is C14H18F3NO. The molecule has 0 aliphatic carbocycles. The van der Waals surface area contributed by atoms with Gasteiger partial charge < -0.3 is 5.11 Å². The molecule has 19 heavy (non-hydrogen) atoms. The summed E-state index contributed by atoms with van der Waals surface area (Å²) in [7, 11) is 0. The number of alkyl halides is 3. The molecule has 1 aliphatic rings. The summed E-state index contributed by atoms with van der Waals surface area (Å²) in [6, 6.07) is 6.61. The third-order valence-electron chi connectivity index (χ3n) is 3.82. The SMILES string of the molecule is CC(c1cccc(O)c1)N1CCCC(C(F)(F)F)C1. The van der Waals surface area contributed by atoms with Crippen molar-refractivity contribution in [1.29, 1.82) is 0 Å². The van der Waals surface area contributed by atoms with Crippen molar-refractivity contribution in [3.8, 4) is 5.75 Å². The summed E-state index contributed by atoms with van der Waals surface area (Å²) in [6.07, 6.45) is -3.34. The molecule has 0 radical (unpaired) electrons. The van der Waals surface area contributed by atoms with Gasteiger partial charge in [-0.05, 0) is 44.0 Å². The van der Waals surface area contributed by atoms with Crippen LogP contribution in [0.5, 0.6) is 5.75 Å². The van der Waals surface area contributed by atoms with Crippen LogP contribution in [0.15, 0.2) is 24.3 Å². The number of phenolic OH excluding ortho intramolecular Hbond substituents is 1. The predicted octanol–water partition coefficient (Wildman–Crippen LogP) is 3.73. The highest BCUT2D eigenvalue weighted by Crippen LogP contribution is 2.36. The highest BCUT2D eigenvalue weighted by atomic mass is 19.4. The van der Waals surface area contributed by atoms with Crippen molar-refractivity contribution in [3.63, 3.8) is 0 Å². The average Bonchev–Trinajstić information content (AvgIpc) is 2.37. The Bertz CT molecular complexity index is 433. The summed E-state index contributed by atoms with van der Waals surface area (Å²) in [6.45, 7) is 2.59. The van der Waals surface area contributed by atoms with Crippen LogP contribution in [0.1, 0.15) is 31.4 Å². The lowest BCUT2D eigenvalue weighted by molar-refractivity contribution is -0.188. The lowest BCUT2D eigenvalue weighted by atomic mass is 9.95. The number of rotatable bonds is 2. The number of hydrogen-bond acceptors (Lipinski definition) is 2.